The summed E-state index contributed by atoms with van der Waals surface area (Å²) in [5.41, 5.74) is 0. The van der Waals surface area contributed by atoms with Gasteiger partial charge in [0.25, 0.3) is 0 Å². The minimum absolute atomic E-state index is 0.163. The second-order valence-corrected chi connectivity index (χ2v) is 5.71. The van der Waals surface area contributed by atoms with Gasteiger partial charge < -0.3 is 14.2 Å². The molecular weight excluding hydrogens is 256 g/mol. The van der Waals surface area contributed by atoms with E-state index in [4.69, 9.17) is 4.74 Å². The number of ether oxygens (including phenoxy) is 1. The summed E-state index contributed by atoms with van der Waals surface area (Å²) in [7, 11) is 1.84. The standard InChI is InChI=1S/C14H22N4O2/c1-17(14(19)7-6-11-4-3-9-20-11)10-13-16-15-12-5-2-8-18(12)13/h11H,2-10H2,1H3/t11-/m0/s1. The fourth-order valence-electron chi connectivity index (χ4n) is 2.98. The number of fused-ring (bicyclic) bond motifs is 1. The van der Waals surface area contributed by atoms with Crippen molar-refractivity contribution in [2.24, 2.45) is 0 Å². The van der Waals surface area contributed by atoms with Crippen LogP contribution in [0.15, 0.2) is 0 Å². The maximum Gasteiger partial charge on any atom is 0.222 e. The summed E-state index contributed by atoms with van der Waals surface area (Å²) in [5, 5.41) is 8.37. The maximum atomic E-state index is 12.1. The second-order valence-electron chi connectivity index (χ2n) is 5.71. The molecule has 0 aromatic carbocycles. The fraction of sp³-hybridized carbons (Fsp3) is 0.786. The number of carbonyl (C=O) groups excluding carboxylic acids is 1. The zero-order valence-electron chi connectivity index (χ0n) is 12.0. The predicted molar refractivity (Wildman–Crippen MR) is 73.0 cm³/mol. The number of aryl methyl sites for hydroxylation is 1. The Hall–Kier alpha value is -1.43. The molecule has 1 aromatic heterocycles. The lowest BCUT2D eigenvalue weighted by Crippen LogP contribution is -2.28. The van der Waals surface area contributed by atoms with Crippen LogP contribution in [0.4, 0.5) is 0 Å². The first-order valence-corrected chi connectivity index (χ1v) is 7.50. The first-order valence-electron chi connectivity index (χ1n) is 7.50. The van der Waals surface area contributed by atoms with Crippen LogP contribution in [-0.4, -0.2) is 45.3 Å². The normalized spacial score (nSPS) is 21.1. The molecule has 3 heterocycles. The summed E-state index contributed by atoms with van der Waals surface area (Å²) < 4.78 is 7.69. The summed E-state index contributed by atoms with van der Waals surface area (Å²) in [6, 6.07) is 0. The lowest BCUT2D eigenvalue weighted by molar-refractivity contribution is -0.131. The molecule has 20 heavy (non-hydrogen) atoms. The third kappa shape index (κ3) is 2.85. The van der Waals surface area contributed by atoms with Gasteiger partial charge in [-0.3, -0.25) is 4.79 Å². The van der Waals surface area contributed by atoms with Crippen molar-refractivity contribution in [3.8, 4) is 0 Å². The molecule has 110 valence electrons. The molecule has 0 N–H and O–H groups in total. The molecule has 0 aliphatic carbocycles. The van der Waals surface area contributed by atoms with Gasteiger partial charge in [0.15, 0.2) is 5.82 Å². The molecule has 6 heteroatoms. The Kier molecular flexibility index (Phi) is 4.00. The van der Waals surface area contributed by atoms with E-state index < -0.39 is 0 Å². The van der Waals surface area contributed by atoms with Crippen LogP contribution in [-0.2, 0) is 29.0 Å². The molecule has 2 aliphatic rings. The smallest absolute Gasteiger partial charge is 0.222 e. The summed E-state index contributed by atoms with van der Waals surface area (Å²) in [6.45, 7) is 2.38. The van der Waals surface area contributed by atoms with Gasteiger partial charge in [-0.1, -0.05) is 0 Å². The van der Waals surface area contributed by atoms with Gasteiger partial charge in [0.1, 0.15) is 5.82 Å². The molecule has 1 amide bonds. The Labute approximate surface area is 119 Å². The van der Waals surface area contributed by atoms with Crippen LogP contribution in [0.1, 0.15) is 43.8 Å². The molecule has 0 radical (unpaired) electrons. The number of amides is 1. The Morgan fingerprint density at radius 2 is 2.35 bits per heavy atom. The van der Waals surface area contributed by atoms with Gasteiger partial charge in [-0.15, -0.1) is 10.2 Å². The number of carbonyl (C=O) groups is 1. The third-order valence-electron chi connectivity index (χ3n) is 4.19. The predicted octanol–water partition coefficient (Wildman–Crippen LogP) is 1.14. The average Bonchev–Trinajstić information content (AvgIpc) is 3.15. The Morgan fingerprint density at radius 1 is 1.45 bits per heavy atom. The number of hydrogen-bond donors (Lipinski definition) is 0. The van der Waals surface area contributed by atoms with Crippen LogP contribution in [0.5, 0.6) is 0 Å². The van der Waals surface area contributed by atoms with Gasteiger partial charge in [-0.05, 0) is 25.7 Å². The summed E-state index contributed by atoms with van der Waals surface area (Å²) in [4.78, 5) is 13.9. The number of aromatic nitrogens is 3. The van der Waals surface area contributed by atoms with Gasteiger partial charge in [0.05, 0.1) is 12.6 Å². The van der Waals surface area contributed by atoms with Crippen molar-refractivity contribution >= 4 is 5.91 Å². The Morgan fingerprint density at radius 3 is 3.15 bits per heavy atom. The molecule has 1 fully saturated rings. The molecule has 2 aliphatic heterocycles. The van der Waals surface area contributed by atoms with Gasteiger partial charge in [0.2, 0.25) is 5.91 Å². The summed E-state index contributed by atoms with van der Waals surface area (Å²) in [5.74, 6) is 2.13. The summed E-state index contributed by atoms with van der Waals surface area (Å²) in [6.07, 6.45) is 6.03. The van der Waals surface area contributed by atoms with E-state index in [1.807, 2.05) is 7.05 Å². The second kappa shape index (κ2) is 5.91. The van der Waals surface area contributed by atoms with E-state index in [0.29, 0.717) is 13.0 Å². The van der Waals surface area contributed by atoms with Crippen LogP contribution in [0.2, 0.25) is 0 Å². The largest absolute Gasteiger partial charge is 0.378 e. The fourth-order valence-corrected chi connectivity index (χ4v) is 2.98. The van der Waals surface area contributed by atoms with Gasteiger partial charge in [0, 0.05) is 33.0 Å². The number of hydrogen-bond acceptors (Lipinski definition) is 4. The summed E-state index contributed by atoms with van der Waals surface area (Å²) >= 11 is 0. The van der Waals surface area contributed by atoms with Crippen molar-refractivity contribution in [1.29, 1.82) is 0 Å². The van der Waals surface area contributed by atoms with Crippen LogP contribution >= 0.6 is 0 Å². The van der Waals surface area contributed by atoms with Crippen LogP contribution in [0.3, 0.4) is 0 Å². The van der Waals surface area contributed by atoms with Gasteiger partial charge in [-0.2, -0.15) is 0 Å². The first-order chi connectivity index (χ1) is 9.74. The SMILES string of the molecule is CN(Cc1nnc2n1CCC2)C(=O)CC[C@@H]1CCCO1. The van der Waals surface area contributed by atoms with E-state index in [9.17, 15) is 4.79 Å². The van der Waals surface area contributed by atoms with Crippen LogP contribution in [0.25, 0.3) is 0 Å². The van der Waals surface area contributed by atoms with Crippen molar-refractivity contribution in [1.82, 2.24) is 19.7 Å². The highest BCUT2D eigenvalue weighted by Gasteiger charge is 2.21. The third-order valence-corrected chi connectivity index (χ3v) is 4.19. The van der Waals surface area contributed by atoms with Crippen LogP contribution < -0.4 is 0 Å². The highest BCUT2D eigenvalue weighted by molar-refractivity contribution is 5.75. The van der Waals surface area contributed by atoms with Crippen molar-refractivity contribution in [3.63, 3.8) is 0 Å². The highest BCUT2D eigenvalue weighted by Crippen LogP contribution is 2.18. The van der Waals surface area contributed by atoms with Crippen molar-refractivity contribution in [2.75, 3.05) is 13.7 Å². The lowest BCUT2D eigenvalue weighted by atomic mass is 10.1. The van der Waals surface area contributed by atoms with Crippen molar-refractivity contribution < 1.29 is 9.53 Å². The molecule has 0 spiro atoms. The number of rotatable bonds is 5. The van der Waals surface area contributed by atoms with E-state index in [1.165, 1.54) is 0 Å². The highest BCUT2D eigenvalue weighted by atomic mass is 16.5. The molecule has 0 saturated carbocycles. The maximum absolute atomic E-state index is 12.1. The minimum atomic E-state index is 0.163. The Bertz CT molecular complexity index is 480. The molecule has 1 atom stereocenters. The van der Waals surface area contributed by atoms with E-state index in [-0.39, 0.29) is 12.0 Å². The van der Waals surface area contributed by atoms with Gasteiger partial charge in [-0.25, -0.2) is 0 Å². The monoisotopic (exact) mass is 278 g/mol. The molecule has 3 rings (SSSR count). The van der Waals surface area contributed by atoms with E-state index >= 15 is 0 Å². The van der Waals surface area contributed by atoms with E-state index in [0.717, 1.165) is 56.9 Å². The van der Waals surface area contributed by atoms with E-state index in [2.05, 4.69) is 14.8 Å². The van der Waals surface area contributed by atoms with Crippen molar-refractivity contribution in [3.05, 3.63) is 11.6 Å². The average molecular weight is 278 g/mol. The van der Waals surface area contributed by atoms with Crippen LogP contribution in [0, 0.1) is 0 Å². The zero-order valence-corrected chi connectivity index (χ0v) is 12.0. The molecule has 6 nitrogen and oxygen atoms in total. The van der Waals surface area contributed by atoms with Crippen molar-refractivity contribution in [2.45, 2.75) is 57.7 Å². The Balaban J connectivity index is 1.50. The molecule has 1 saturated heterocycles. The van der Waals surface area contributed by atoms with Gasteiger partial charge >= 0.3 is 0 Å². The number of nitrogens with zero attached hydrogens (tertiary/aromatic N) is 4. The molecule has 1 aromatic rings. The minimum Gasteiger partial charge on any atom is -0.378 e. The van der Waals surface area contributed by atoms with E-state index in [1.54, 1.807) is 4.90 Å². The molecular formula is C14H22N4O2. The zero-order chi connectivity index (χ0) is 13.9. The quantitative estimate of drug-likeness (QED) is 0.810. The topological polar surface area (TPSA) is 60.2 Å². The molecule has 0 unspecified atom stereocenters. The lowest BCUT2D eigenvalue weighted by Gasteiger charge is -2.18. The molecule has 0 bridgehead atoms. The first kappa shape index (κ1) is 13.5.